The summed E-state index contributed by atoms with van der Waals surface area (Å²) in [5.41, 5.74) is -0.659. The van der Waals surface area contributed by atoms with Gasteiger partial charge in [0, 0.05) is 6.54 Å². The molecule has 3 rings (SSSR count). The predicted octanol–water partition coefficient (Wildman–Crippen LogP) is 3.90. The van der Waals surface area contributed by atoms with Crippen molar-refractivity contribution in [1.82, 2.24) is 24.5 Å². The van der Waals surface area contributed by atoms with Crippen LogP contribution in [0.3, 0.4) is 0 Å². The van der Waals surface area contributed by atoms with E-state index in [1.165, 1.54) is 22.0 Å². The van der Waals surface area contributed by atoms with E-state index in [1.54, 1.807) is 6.92 Å². The number of aromatic nitrogens is 5. The van der Waals surface area contributed by atoms with Gasteiger partial charge in [-0.3, -0.25) is 9.48 Å². The number of carbonyl (C=O) groups excluding carboxylic acids is 2. The maximum Gasteiger partial charge on any atom is 0.416 e. The summed E-state index contributed by atoms with van der Waals surface area (Å²) >= 11 is 6.23. The van der Waals surface area contributed by atoms with Gasteiger partial charge in [0.2, 0.25) is 0 Å². The van der Waals surface area contributed by atoms with Gasteiger partial charge >= 0.3 is 12.1 Å². The maximum atomic E-state index is 13.1. The van der Waals surface area contributed by atoms with Crippen molar-refractivity contribution in [3.05, 3.63) is 52.8 Å². The molecule has 2 aromatic heterocycles. The number of nitrogens with zero attached hydrogens (tertiary/aromatic N) is 5. The fourth-order valence-corrected chi connectivity index (χ4v) is 3.31. The van der Waals surface area contributed by atoms with Crippen LogP contribution in [0.15, 0.2) is 30.9 Å². The molecule has 0 atom stereocenters. The molecule has 0 fully saturated rings. The number of benzene rings is 1. The van der Waals surface area contributed by atoms with Gasteiger partial charge in [-0.2, -0.15) is 23.4 Å². The molecule has 2 heterocycles. The van der Waals surface area contributed by atoms with Crippen molar-refractivity contribution in [2.45, 2.75) is 33.5 Å². The molecule has 0 saturated carbocycles. The van der Waals surface area contributed by atoms with Crippen molar-refractivity contribution in [2.24, 2.45) is 5.92 Å². The zero-order valence-corrected chi connectivity index (χ0v) is 18.6. The largest absolute Gasteiger partial charge is 0.452 e. The van der Waals surface area contributed by atoms with Gasteiger partial charge in [0.05, 0.1) is 22.6 Å². The van der Waals surface area contributed by atoms with Crippen LogP contribution >= 0.6 is 11.6 Å². The average molecular weight is 485 g/mol. The van der Waals surface area contributed by atoms with E-state index in [2.05, 4.69) is 20.5 Å². The highest BCUT2D eigenvalue weighted by Gasteiger charge is 2.31. The first-order valence-electron chi connectivity index (χ1n) is 9.73. The monoisotopic (exact) mass is 484 g/mol. The van der Waals surface area contributed by atoms with E-state index in [9.17, 15) is 22.8 Å². The van der Waals surface area contributed by atoms with E-state index in [0.717, 1.165) is 18.2 Å². The molecule has 0 spiro atoms. The Labute approximate surface area is 191 Å². The van der Waals surface area contributed by atoms with Crippen molar-refractivity contribution in [1.29, 1.82) is 0 Å². The second-order valence-electron chi connectivity index (χ2n) is 7.52. The zero-order valence-electron chi connectivity index (χ0n) is 17.9. The van der Waals surface area contributed by atoms with Crippen LogP contribution in [0.2, 0.25) is 5.15 Å². The van der Waals surface area contributed by atoms with Crippen LogP contribution in [0.25, 0.3) is 5.69 Å². The Morgan fingerprint density at radius 1 is 1.27 bits per heavy atom. The van der Waals surface area contributed by atoms with Crippen LogP contribution in [-0.2, 0) is 22.3 Å². The summed E-state index contributed by atoms with van der Waals surface area (Å²) in [5.74, 6) is -1.50. The minimum Gasteiger partial charge on any atom is -0.452 e. The third-order valence-electron chi connectivity index (χ3n) is 4.41. The Kier molecular flexibility index (Phi) is 7.06. The lowest BCUT2D eigenvalue weighted by molar-refractivity contribution is -0.137. The number of ether oxygens (including phenoxy) is 1. The summed E-state index contributed by atoms with van der Waals surface area (Å²) in [6.07, 6.45) is -2.17. The molecule has 3 aromatic rings. The molecule has 1 amide bonds. The molecule has 0 bridgehead atoms. The molecule has 0 aliphatic rings. The van der Waals surface area contributed by atoms with Crippen molar-refractivity contribution in [2.75, 3.05) is 11.9 Å². The van der Waals surface area contributed by atoms with Gasteiger partial charge in [-0.25, -0.2) is 14.5 Å². The fraction of sp³-hybridized carbons (Fsp3) is 0.350. The summed E-state index contributed by atoms with van der Waals surface area (Å²) in [6, 6.07) is 2.76. The number of nitrogens with one attached hydrogen (secondary N) is 1. The van der Waals surface area contributed by atoms with Crippen molar-refractivity contribution >= 4 is 29.2 Å². The zero-order chi connectivity index (χ0) is 24.3. The molecule has 1 N–H and O–H groups in total. The van der Waals surface area contributed by atoms with Gasteiger partial charge in [-0.05, 0) is 31.0 Å². The highest BCUT2D eigenvalue weighted by molar-refractivity contribution is 6.32. The first-order valence-corrected chi connectivity index (χ1v) is 10.1. The molecule has 0 saturated heterocycles. The number of esters is 1. The number of halogens is 4. The van der Waals surface area contributed by atoms with Crippen LogP contribution in [0.1, 0.15) is 35.5 Å². The molecule has 9 nitrogen and oxygen atoms in total. The van der Waals surface area contributed by atoms with E-state index in [1.807, 2.05) is 13.8 Å². The van der Waals surface area contributed by atoms with E-state index >= 15 is 0 Å². The number of alkyl halides is 3. The normalized spacial score (nSPS) is 11.6. The van der Waals surface area contributed by atoms with Gasteiger partial charge in [0.1, 0.15) is 23.4 Å². The molecular formula is C20H20ClF3N6O3. The summed E-state index contributed by atoms with van der Waals surface area (Å²) in [4.78, 5) is 28.6. The minimum absolute atomic E-state index is 0.0208. The van der Waals surface area contributed by atoms with Gasteiger partial charge < -0.3 is 10.1 Å². The Morgan fingerprint density at radius 3 is 2.61 bits per heavy atom. The third kappa shape index (κ3) is 5.69. The van der Waals surface area contributed by atoms with Gasteiger partial charge in [0.15, 0.2) is 6.61 Å². The van der Waals surface area contributed by atoms with E-state index in [0.29, 0.717) is 12.2 Å². The Balaban J connectivity index is 1.75. The van der Waals surface area contributed by atoms with Gasteiger partial charge in [-0.15, -0.1) is 0 Å². The Bertz CT molecular complexity index is 1160. The SMILES string of the molecule is Cc1nn(CC(C)C)c(Cl)c1C(=O)OCC(=O)Nc1cc(C(F)(F)F)ccc1-n1cncn1. The summed E-state index contributed by atoms with van der Waals surface area (Å²) in [5, 5.41) is 10.5. The number of carbonyl (C=O) groups is 2. The lowest BCUT2D eigenvalue weighted by Gasteiger charge is -2.14. The van der Waals surface area contributed by atoms with E-state index in [-0.39, 0.29) is 28.0 Å². The molecular weight excluding hydrogens is 465 g/mol. The van der Waals surface area contributed by atoms with Crippen LogP contribution < -0.4 is 5.32 Å². The molecule has 0 unspecified atom stereocenters. The number of anilines is 1. The Hall–Kier alpha value is -3.41. The summed E-state index contributed by atoms with van der Waals surface area (Å²) < 4.78 is 47.1. The molecule has 13 heteroatoms. The molecule has 0 radical (unpaired) electrons. The van der Waals surface area contributed by atoms with E-state index in [4.69, 9.17) is 16.3 Å². The predicted molar refractivity (Wildman–Crippen MR) is 112 cm³/mol. The van der Waals surface area contributed by atoms with Gasteiger partial charge in [0.25, 0.3) is 5.91 Å². The molecule has 176 valence electrons. The lowest BCUT2D eigenvalue weighted by Crippen LogP contribution is -2.22. The van der Waals surface area contributed by atoms with E-state index < -0.39 is 30.2 Å². The van der Waals surface area contributed by atoms with Crippen LogP contribution in [0, 0.1) is 12.8 Å². The topological polar surface area (TPSA) is 104 Å². The molecule has 0 aliphatic carbocycles. The number of hydrogen-bond donors (Lipinski definition) is 1. The minimum atomic E-state index is -4.63. The fourth-order valence-electron chi connectivity index (χ4n) is 2.99. The molecule has 1 aromatic carbocycles. The second-order valence-corrected chi connectivity index (χ2v) is 7.88. The molecule has 0 aliphatic heterocycles. The molecule has 33 heavy (non-hydrogen) atoms. The van der Waals surface area contributed by atoms with Crippen molar-refractivity contribution in [3.8, 4) is 5.69 Å². The first kappa shape index (κ1) is 24.2. The maximum absolute atomic E-state index is 13.1. The highest BCUT2D eigenvalue weighted by Crippen LogP contribution is 2.33. The number of rotatable bonds is 7. The first-order chi connectivity index (χ1) is 15.5. The summed E-state index contributed by atoms with van der Waals surface area (Å²) in [7, 11) is 0. The average Bonchev–Trinajstić information content (AvgIpc) is 3.34. The quantitative estimate of drug-likeness (QED) is 0.510. The van der Waals surface area contributed by atoms with Crippen LogP contribution in [-0.4, -0.2) is 43.0 Å². The second kappa shape index (κ2) is 9.61. The third-order valence-corrected chi connectivity index (χ3v) is 4.79. The lowest BCUT2D eigenvalue weighted by atomic mass is 10.1. The highest BCUT2D eigenvalue weighted by atomic mass is 35.5. The standard InChI is InChI=1S/C20H20ClF3N6O3/c1-11(2)7-29-18(21)17(12(3)28-29)19(32)33-8-16(31)27-14-6-13(20(22,23)24)4-5-15(14)30-10-25-9-26-30/h4-6,9-11H,7-8H2,1-3H3,(H,27,31). The van der Waals surface area contributed by atoms with Gasteiger partial charge in [-0.1, -0.05) is 25.4 Å². The van der Waals surface area contributed by atoms with Crippen molar-refractivity contribution in [3.63, 3.8) is 0 Å². The number of hydrogen-bond acceptors (Lipinski definition) is 6. The smallest absolute Gasteiger partial charge is 0.416 e. The Morgan fingerprint density at radius 2 is 2.00 bits per heavy atom. The number of amides is 1. The number of aryl methyl sites for hydroxylation is 1. The van der Waals surface area contributed by atoms with Crippen molar-refractivity contribution < 1.29 is 27.5 Å². The van der Waals surface area contributed by atoms with Crippen LogP contribution in [0.5, 0.6) is 0 Å². The van der Waals surface area contributed by atoms with Crippen LogP contribution in [0.4, 0.5) is 18.9 Å². The summed E-state index contributed by atoms with van der Waals surface area (Å²) in [6.45, 7) is 5.21.